The van der Waals surface area contributed by atoms with Gasteiger partial charge in [-0.05, 0) is 35.4 Å². The molecule has 0 saturated carbocycles. The Morgan fingerprint density at radius 1 is 1.56 bits per heavy atom. The van der Waals surface area contributed by atoms with Crippen LogP contribution in [0.1, 0.15) is 18.9 Å². The van der Waals surface area contributed by atoms with E-state index >= 15 is 0 Å². The predicted molar refractivity (Wildman–Crippen MR) is 65.7 cm³/mol. The lowest BCUT2D eigenvalue weighted by molar-refractivity contribution is -0.385. The second-order valence-electron chi connectivity index (χ2n) is 3.48. The third kappa shape index (κ3) is 2.16. The summed E-state index contributed by atoms with van der Waals surface area (Å²) in [6, 6.07) is 0.145. The number of hydrogen-bond donors (Lipinski definition) is 0. The van der Waals surface area contributed by atoms with E-state index in [-0.39, 0.29) is 16.9 Å². The first-order chi connectivity index (χ1) is 7.61. The van der Waals surface area contributed by atoms with Crippen LogP contribution in [-0.4, -0.2) is 27.9 Å². The van der Waals surface area contributed by atoms with Crippen LogP contribution in [0.4, 0.5) is 5.69 Å². The van der Waals surface area contributed by atoms with Crippen LogP contribution >= 0.6 is 34.2 Å². The Hall–Kier alpha value is -0.410. The maximum absolute atomic E-state index is 10.8. The standard InChI is InChI=1S/C8H9ClIN3O3/c9-7-6(13(14)15)8(10)12(11-7)5-1-3-16-4-2-5/h5H,1-4H2. The van der Waals surface area contributed by atoms with Crippen molar-refractivity contribution in [3.8, 4) is 0 Å². The van der Waals surface area contributed by atoms with Gasteiger partial charge in [0.25, 0.3) is 0 Å². The first kappa shape index (κ1) is 12.1. The highest BCUT2D eigenvalue weighted by molar-refractivity contribution is 14.1. The van der Waals surface area contributed by atoms with Gasteiger partial charge in [0.15, 0.2) is 3.70 Å². The van der Waals surface area contributed by atoms with E-state index in [1.807, 2.05) is 22.6 Å². The van der Waals surface area contributed by atoms with Crippen molar-refractivity contribution in [2.24, 2.45) is 0 Å². The van der Waals surface area contributed by atoms with Crippen molar-refractivity contribution in [1.29, 1.82) is 0 Å². The first-order valence-corrected chi connectivity index (χ1v) is 6.22. The molecule has 1 saturated heterocycles. The van der Waals surface area contributed by atoms with Crippen molar-refractivity contribution in [3.63, 3.8) is 0 Å². The Bertz CT molecular complexity index is 417. The summed E-state index contributed by atoms with van der Waals surface area (Å²) in [7, 11) is 0. The van der Waals surface area contributed by atoms with Gasteiger partial charge in [-0.3, -0.25) is 10.1 Å². The van der Waals surface area contributed by atoms with Crippen LogP contribution in [0.25, 0.3) is 0 Å². The summed E-state index contributed by atoms with van der Waals surface area (Å²) in [6.45, 7) is 1.32. The molecule has 88 valence electrons. The Kier molecular flexibility index (Phi) is 3.65. The van der Waals surface area contributed by atoms with Crippen molar-refractivity contribution in [1.82, 2.24) is 9.78 Å². The topological polar surface area (TPSA) is 70.2 Å². The van der Waals surface area contributed by atoms with Crippen LogP contribution < -0.4 is 0 Å². The molecule has 1 aliphatic rings. The van der Waals surface area contributed by atoms with Crippen LogP contribution in [0, 0.1) is 13.8 Å². The second kappa shape index (κ2) is 4.84. The fraction of sp³-hybridized carbons (Fsp3) is 0.625. The fourth-order valence-corrected chi connectivity index (χ4v) is 3.06. The van der Waals surface area contributed by atoms with E-state index in [0.29, 0.717) is 16.9 Å². The molecule has 0 radical (unpaired) electrons. The molecule has 2 heterocycles. The molecule has 0 aromatic carbocycles. The van der Waals surface area contributed by atoms with Gasteiger partial charge in [0.05, 0.1) is 11.0 Å². The number of rotatable bonds is 2. The SMILES string of the molecule is O=[N+]([O-])c1c(Cl)nn(C2CCOCC2)c1I. The Labute approximate surface area is 110 Å². The van der Waals surface area contributed by atoms with Crippen molar-refractivity contribution in [2.45, 2.75) is 18.9 Å². The number of nitro groups is 1. The highest BCUT2D eigenvalue weighted by Gasteiger charge is 2.29. The van der Waals surface area contributed by atoms with E-state index in [0.717, 1.165) is 12.8 Å². The van der Waals surface area contributed by atoms with Crippen LogP contribution in [0.15, 0.2) is 0 Å². The summed E-state index contributed by atoms with van der Waals surface area (Å²) >= 11 is 7.67. The summed E-state index contributed by atoms with van der Waals surface area (Å²) in [5.74, 6) is 0. The van der Waals surface area contributed by atoms with E-state index in [4.69, 9.17) is 16.3 Å². The molecule has 6 nitrogen and oxygen atoms in total. The van der Waals surface area contributed by atoms with Gasteiger partial charge in [-0.2, -0.15) is 5.10 Å². The first-order valence-electron chi connectivity index (χ1n) is 4.77. The zero-order valence-electron chi connectivity index (χ0n) is 8.23. The summed E-state index contributed by atoms with van der Waals surface area (Å²) in [5, 5.41) is 14.8. The fourth-order valence-electron chi connectivity index (χ4n) is 1.70. The number of halogens is 2. The van der Waals surface area contributed by atoms with Crippen LogP contribution in [-0.2, 0) is 4.74 Å². The molecule has 16 heavy (non-hydrogen) atoms. The van der Waals surface area contributed by atoms with Gasteiger partial charge in [0, 0.05) is 13.2 Å². The molecule has 1 aromatic heterocycles. The Balaban J connectivity index is 2.34. The molecule has 0 N–H and O–H groups in total. The average Bonchev–Trinajstić information content (AvgIpc) is 2.55. The average molecular weight is 358 g/mol. The molecular weight excluding hydrogens is 348 g/mol. The zero-order valence-corrected chi connectivity index (χ0v) is 11.1. The van der Waals surface area contributed by atoms with Gasteiger partial charge in [-0.25, -0.2) is 4.68 Å². The molecule has 0 bridgehead atoms. The van der Waals surface area contributed by atoms with Crippen molar-refractivity contribution < 1.29 is 9.66 Å². The zero-order chi connectivity index (χ0) is 11.7. The normalized spacial score (nSPS) is 17.6. The van der Waals surface area contributed by atoms with E-state index in [9.17, 15) is 10.1 Å². The minimum absolute atomic E-state index is 0.0408. The third-order valence-corrected chi connectivity index (χ3v) is 3.77. The van der Waals surface area contributed by atoms with Crippen molar-refractivity contribution in [3.05, 3.63) is 19.0 Å². The maximum atomic E-state index is 10.8. The molecule has 0 spiro atoms. The van der Waals surface area contributed by atoms with Gasteiger partial charge in [-0.1, -0.05) is 11.6 Å². The number of aromatic nitrogens is 2. The molecule has 1 aromatic rings. The summed E-state index contributed by atoms with van der Waals surface area (Å²) in [6.07, 6.45) is 1.62. The van der Waals surface area contributed by atoms with Crippen molar-refractivity contribution in [2.75, 3.05) is 13.2 Å². The van der Waals surface area contributed by atoms with E-state index < -0.39 is 4.92 Å². The minimum atomic E-state index is -0.493. The molecule has 2 rings (SSSR count). The third-order valence-electron chi connectivity index (χ3n) is 2.51. The maximum Gasteiger partial charge on any atom is 0.339 e. The lowest BCUT2D eigenvalue weighted by atomic mass is 10.1. The lowest BCUT2D eigenvalue weighted by Crippen LogP contribution is -2.21. The number of ether oxygens (including phenoxy) is 1. The monoisotopic (exact) mass is 357 g/mol. The van der Waals surface area contributed by atoms with Crippen LogP contribution in [0.3, 0.4) is 0 Å². The molecule has 0 aliphatic carbocycles. The van der Waals surface area contributed by atoms with Gasteiger partial charge in [0.1, 0.15) is 0 Å². The molecule has 0 atom stereocenters. The molecule has 8 heteroatoms. The Morgan fingerprint density at radius 2 is 2.19 bits per heavy atom. The van der Waals surface area contributed by atoms with Gasteiger partial charge in [-0.15, -0.1) is 0 Å². The summed E-state index contributed by atoms with van der Waals surface area (Å²) in [5.41, 5.74) is -0.103. The van der Waals surface area contributed by atoms with Crippen LogP contribution in [0.2, 0.25) is 5.15 Å². The summed E-state index contributed by atoms with van der Waals surface area (Å²) < 4.78 is 7.36. The van der Waals surface area contributed by atoms with Gasteiger partial charge in [0.2, 0.25) is 5.15 Å². The van der Waals surface area contributed by atoms with Gasteiger partial charge < -0.3 is 4.74 Å². The highest BCUT2D eigenvalue weighted by Crippen LogP contribution is 2.33. The minimum Gasteiger partial charge on any atom is -0.381 e. The number of nitrogens with zero attached hydrogens (tertiary/aromatic N) is 3. The lowest BCUT2D eigenvalue weighted by Gasteiger charge is -2.22. The molecule has 0 unspecified atom stereocenters. The molecule has 0 amide bonds. The van der Waals surface area contributed by atoms with E-state index in [1.54, 1.807) is 4.68 Å². The van der Waals surface area contributed by atoms with E-state index in [1.165, 1.54) is 0 Å². The van der Waals surface area contributed by atoms with Crippen LogP contribution in [0.5, 0.6) is 0 Å². The largest absolute Gasteiger partial charge is 0.381 e. The quantitative estimate of drug-likeness (QED) is 0.463. The Morgan fingerprint density at radius 3 is 2.69 bits per heavy atom. The van der Waals surface area contributed by atoms with E-state index in [2.05, 4.69) is 5.10 Å². The second-order valence-corrected chi connectivity index (χ2v) is 4.86. The smallest absolute Gasteiger partial charge is 0.339 e. The summed E-state index contributed by atoms with van der Waals surface area (Å²) in [4.78, 5) is 10.3. The highest BCUT2D eigenvalue weighted by atomic mass is 127. The molecular formula is C8H9ClIN3O3. The van der Waals surface area contributed by atoms with Crippen molar-refractivity contribution >= 4 is 39.9 Å². The predicted octanol–water partition coefficient (Wildman–Crippen LogP) is 2.40. The van der Waals surface area contributed by atoms with Gasteiger partial charge >= 0.3 is 5.69 Å². The number of hydrogen-bond acceptors (Lipinski definition) is 4. The molecule has 1 aliphatic heterocycles. The molecule has 1 fully saturated rings.